The summed E-state index contributed by atoms with van der Waals surface area (Å²) in [4.78, 5) is 5.36. The predicted octanol–water partition coefficient (Wildman–Crippen LogP) is 2.96. The largest absolute Gasteiger partial charge is 0.312 e. The molecule has 3 atom stereocenters. The summed E-state index contributed by atoms with van der Waals surface area (Å²) >= 11 is 0. The van der Waals surface area contributed by atoms with Crippen molar-refractivity contribution in [2.24, 2.45) is 5.41 Å². The molecule has 2 aliphatic rings. The summed E-state index contributed by atoms with van der Waals surface area (Å²) in [6, 6.07) is 2.19. The Morgan fingerprint density at radius 2 is 1.95 bits per heavy atom. The number of nitrogens with one attached hydrogen (secondary N) is 1. The van der Waals surface area contributed by atoms with Crippen LogP contribution >= 0.6 is 0 Å². The van der Waals surface area contributed by atoms with Gasteiger partial charge in [-0.3, -0.25) is 4.90 Å². The summed E-state index contributed by atoms with van der Waals surface area (Å²) in [5.74, 6) is 0. The Bertz CT molecular complexity index is 316. The number of likely N-dealkylation sites (N-methyl/N-ethyl adjacent to an activating group) is 1. The van der Waals surface area contributed by atoms with Crippen LogP contribution in [0.1, 0.15) is 59.8 Å². The first-order chi connectivity index (χ1) is 9.96. The number of hydrogen-bond acceptors (Lipinski definition) is 3. The number of rotatable bonds is 5. The monoisotopic (exact) mass is 295 g/mol. The van der Waals surface area contributed by atoms with E-state index < -0.39 is 0 Å². The van der Waals surface area contributed by atoms with E-state index in [1.807, 2.05) is 0 Å². The van der Waals surface area contributed by atoms with E-state index >= 15 is 0 Å². The van der Waals surface area contributed by atoms with E-state index in [4.69, 9.17) is 0 Å². The molecule has 2 fully saturated rings. The van der Waals surface area contributed by atoms with Gasteiger partial charge < -0.3 is 10.2 Å². The van der Waals surface area contributed by atoms with Crippen LogP contribution in [0.2, 0.25) is 0 Å². The average molecular weight is 296 g/mol. The molecule has 0 radical (unpaired) electrons. The number of hydrogen-bond donors (Lipinski definition) is 1. The highest BCUT2D eigenvalue weighted by atomic mass is 15.3. The lowest BCUT2D eigenvalue weighted by atomic mass is 9.72. The zero-order valence-corrected chi connectivity index (χ0v) is 15.0. The molecular formula is C18H37N3. The molecular weight excluding hydrogens is 258 g/mol. The van der Waals surface area contributed by atoms with E-state index in [1.54, 1.807) is 0 Å². The molecule has 21 heavy (non-hydrogen) atoms. The van der Waals surface area contributed by atoms with E-state index in [1.165, 1.54) is 58.3 Å². The van der Waals surface area contributed by atoms with Crippen LogP contribution in [0.25, 0.3) is 0 Å². The second kappa shape index (κ2) is 7.43. The van der Waals surface area contributed by atoms with Crippen LogP contribution in [-0.4, -0.2) is 61.2 Å². The fourth-order valence-corrected chi connectivity index (χ4v) is 4.21. The molecule has 1 aliphatic carbocycles. The molecule has 0 spiro atoms. The third kappa shape index (κ3) is 4.43. The Balaban J connectivity index is 2.04. The molecule has 0 bridgehead atoms. The smallest absolute Gasteiger partial charge is 0.0255 e. The quantitative estimate of drug-likeness (QED) is 0.841. The normalized spacial score (nSPS) is 35.0. The summed E-state index contributed by atoms with van der Waals surface area (Å²) in [5, 5.41) is 3.85. The lowest BCUT2D eigenvalue weighted by Crippen LogP contribution is -2.61. The molecule has 2 rings (SSSR count). The maximum Gasteiger partial charge on any atom is 0.0255 e. The standard InChI is InChI=1S/C18H37N3/c1-6-10-19-16-8-9-18(3,4)13-17(16)21-12-11-20(5)15(7-2)14-21/h15-17,19H,6-14H2,1-5H3. The van der Waals surface area contributed by atoms with Crippen LogP contribution in [0.3, 0.4) is 0 Å². The summed E-state index contributed by atoms with van der Waals surface area (Å²) in [5.41, 5.74) is 0.514. The molecule has 0 aromatic heterocycles. The van der Waals surface area contributed by atoms with Gasteiger partial charge in [-0.05, 0) is 51.1 Å². The van der Waals surface area contributed by atoms with E-state index in [9.17, 15) is 0 Å². The van der Waals surface area contributed by atoms with Crippen molar-refractivity contribution < 1.29 is 0 Å². The maximum absolute atomic E-state index is 3.85. The Morgan fingerprint density at radius 3 is 2.62 bits per heavy atom. The van der Waals surface area contributed by atoms with Crippen LogP contribution in [-0.2, 0) is 0 Å². The Labute approximate surface area is 132 Å². The third-order valence-electron chi connectivity index (χ3n) is 5.76. The van der Waals surface area contributed by atoms with E-state index in [0.29, 0.717) is 11.5 Å². The Kier molecular flexibility index (Phi) is 6.10. The molecule has 124 valence electrons. The highest BCUT2D eigenvalue weighted by Gasteiger charge is 2.39. The Morgan fingerprint density at radius 1 is 1.19 bits per heavy atom. The van der Waals surface area contributed by atoms with Gasteiger partial charge in [-0.25, -0.2) is 0 Å². The first-order valence-corrected chi connectivity index (χ1v) is 9.14. The summed E-state index contributed by atoms with van der Waals surface area (Å²) in [6.07, 6.45) is 6.59. The molecule has 1 heterocycles. The van der Waals surface area contributed by atoms with Crippen molar-refractivity contribution >= 4 is 0 Å². The van der Waals surface area contributed by atoms with Gasteiger partial charge in [0.1, 0.15) is 0 Å². The second-order valence-electron chi connectivity index (χ2n) is 8.07. The van der Waals surface area contributed by atoms with Gasteiger partial charge >= 0.3 is 0 Å². The molecule has 1 aliphatic heterocycles. The minimum Gasteiger partial charge on any atom is -0.312 e. The van der Waals surface area contributed by atoms with Gasteiger partial charge in [0.25, 0.3) is 0 Å². The molecule has 1 saturated carbocycles. The number of nitrogens with zero attached hydrogens (tertiary/aromatic N) is 2. The highest BCUT2D eigenvalue weighted by molar-refractivity contribution is 4.96. The summed E-state index contributed by atoms with van der Waals surface area (Å²) in [6.45, 7) is 14.4. The molecule has 0 aromatic rings. The first-order valence-electron chi connectivity index (χ1n) is 9.14. The van der Waals surface area contributed by atoms with Crippen LogP contribution in [0, 0.1) is 5.41 Å². The van der Waals surface area contributed by atoms with Crippen molar-refractivity contribution in [2.45, 2.75) is 77.9 Å². The van der Waals surface area contributed by atoms with Crippen LogP contribution in [0.15, 0.2) is 0 Å². The summed E-state index contributed by atoms with van der Waals surface area (Å²) < 4.78 is 0. The van der Waals surface area contributed by atoms with Crippen LogP contribution in [0.4, 0.5) is 0 Å². The van der Waals surface area contributed by atoms with Crippen LogP contribution in [0.5, 0.6) is 0 Å². The van der Waals surface area contributed by atoms with Gasteiger partial charge in [-0.1, -0.05) is 27.7 Å². The molecule has 0 aromatic carbocycles. The Hall–Kier alpha value is -0.120. The molecule has 3 heteroatoms. The van der Waals surface area contributed by atoms with E-state index in [2.05, 4.69) is 49.9 Å². The molecule has 1 N–H and O–H groups in total. The van der Waals surface area contributed by atoms with Gasteiger partial charge in [0.05, 0.1) is 0 Å². The lowest BCUT2D eigenvalue weighted by Gasteiger charge is -2.50. The zero-order chi connectivity index (χ0) is 15.5. The topological polar surface area (TPSA) is 18.5 Å². The van der Waals surface area contributed by atoms with Crippen molar-refractivity contribution in [1.29, 1.82) is 0 Å². The van der Waals surface area contributed by atoms with Crippen molar-refractivity contribution in [3.05, 3.63) is 0 Å². The van der Waals surface area contributed by atoms with Crippen molar-refractivity contribution in [1.82, 2.24) is 15.1 Å². The van der Waals surface area contributed by atoms with Gasteiger partial charge in [0, 0.05) is 37.8 Å². The predicted molar refractivity (Wildman–Crippen MR) is 91.8 cm³/mol. The fourth-order valence-electron chi connectivity index (χ4n) is 4.21. The SMILES string of the molecule is CCCNC1CCC(C)(C)CC1N1CCN(C)C(CC)C1. The van der Waals surface area contributed by atoms with Crippen molar-refractivity contribution in [3.8, 4) is 0 Å². The molecule has 0 amide bonds. The first kappa shape index (κ1) is 17.2. The van der Waals surface area contributed by atoms with E-state index in [0.717, 1.165) is 12.1 Å². The zero-order valence-electron chi connectivity index (χ0n) is 15.0. The third-order valence-corrected chi connectivity index (χ3v) is 5.76. The van der Waals surface area contributed by atoms with Crippen molar-refractivity contribution in [2.75, 3.05) is 33.2 Å². The lowest BCUT2D eigenvalue weighted by molar-refractivity contribution is 0.0103. The molecule has 3 nitrogen and oxygen atoms in total. The van der Waals surface area contributed by atoms with Crippen LogP contribution < -0.4 is 5.32 Å². The maximum atomic E-state index is 3.85. The highest BCUT2D eigenvalue weighted by Crippen LogP contribution is 2.38. The summed E-state index contributed by atoms with van der Waals surface area (Å²) in [7, 11) is 2.29. The van der Waals surface area contributed by atoms with Crippen molar-refractivity contribution in [3.63, 3.8) is 0 Å². The van der Waals surface area contributed by atoms with Gasteiger partial charge in [-0.15, -0.1) is 0 Å². The van der Waals surface area contributed by atoms with E-state index in [-0.39, 0.29) is 0 Å². The van der Waals surface area contributed by atoms with Gasteiger partial charge in [-0.2, -0.15) is 0 Å². The average Bonchev–Trinajstić information content (AvgIpc) is 2.46. The molecule has 1 saturated heterocycles. The molecule has 3 unspecified atom stereocenters. The van der Waals surface area contributed by atoms with Gasteiger partial charge in [0.15, 0.2) is 0 Å². The fraction of sp³-hybridized carbons (Fsp3) is 1.00. The number of piperazine rings is 1. The van der Waals surface area contributed by atoms with Gasteiger partial charge in [0.2, 0.25) is 0 Å². The minimum atomic E-state index is 0.514. The second-order valence-corrected chi connectivity index (χ2v) is 8.07. The minimum absolute atomic E-state index is 0.514.